The molecule has 3 aromatic carbocycles. The lowest BCUT2D eigenvalue weighted by Crippen LogP contribution is -2.30. The fourth-order valence-corrected chi connectivity index (χ4v) is 9.87. The topological polar surface area (TPSA) is 160 Å². The first-order chi connectivity index (χ1) is 37.4. The molecule has 2 atom stereocenters. The number of ether oxygens (including phenoxy) is 3. The largest absolute Gasteiger partial charge is 0.455 e. The van der Waals surface area contributed by atoms with Crippen LogP contribution in [0.5, 0.6) is 17.4 Å². The van der Waals surface area contributed by atoms with E-state index in [-0.39, 0.29) is 17.9 Å². The molecule has 0 saturated carbocycles. The summed E-state index contributed by atoms with van der Waals surface area (Å²) >= 11 is 0. The van der Waals surface area contributed by atoms with E-state index in [2.05, 4.69) is 107 Å². The zero-order valence-corrected chi connectivity index (χ0v) is 42.3. The Bertz CT molecular complexity index is 3650. The number of hydrogen-bond acceptors (Lipinski definition) is 12. The number of nitrogen functional groups attached to an aromatic ring is 1. The third kappa shape index (κ3) is 10.00. The average molecular weight is 1010 g/mol. The molecule has 7 aromatic rings. The first-order valence-corrected chi connectivity index (χ1v) is 25.2. The van der Waals surface area contributed by atoms with Crippen molar-refractivity contribution in [3.63, 3.8) is 0 Å². The van der Waals surface area contributed by atoms with E-state index in [1.54, 1.807) is 29.3 Å². The second-order valence-corrected chi connectivity index (χ2v) is 17.8. The van der Waals surface area contributed by atoms with Gasteiger partial charge >= 0.3 is 0 Å². The second kappa shape index (κ2) is 22.5. The lowest BCUT2D eigenvalue weighted by molar-refractivity contribution is -0.00957. The van der Waals surface area contributed by atoms with E-state index < -0.39 is 6.29 Å². The van der Waals surface area contributed by atoms with E-state index in [0.717, 1.165) is 98.7 Å². The molecule has 1 aliphatic carbocycles. The maximum absolute atomic E-state index is 6.78. The van der Waals surface area contributed by atoms with Crippen LogP contribution in [-0.2, 0) is 12.8 Å². The van der Waals surface area contributed by atoms with Crippen LogP contribution in [0.3, 0.4) is 0 Å². The van der Waals surface area contributed by atoms with Crippen LogP contribution in [0.4, 0.5) is 17.2 Å². The molecule has 14 heteroatoms. The second-order valence-electron chi connectivity index (χ2n) is 17.8. The molecule has 4 N–H and O–H groups in total. The number of benzene rings is 3. The molecule has 14 nitrogen and oxygen atoms in total. The summed E-state index contributed by atoms with van der Waals surface area (Å²) < 4.78 is 27.5. The van der Waals surface area contributed by atoms with Gasteiger partial charge in [-0.15, -0.1) is 18.0 Å². The van der Waals surface area contributed by atoms with Gasteiger partial charge in [-0.1, -0.05) is 80.0 Å². The Morgan fingerprint density at radius 2 is 1.86 bits per heavy atom. The van der Waals surface area contributed by atoms with Crippen LogP contribution in [-0.4, -0.2) is 43.6 Å². The number of pyridine rings is 1. The predicted octanol–water partition coefficient (Wildman–Crippen LogP) is 13.1. The maximum Gasteiger partial charge on any atom is 0.292 e. The number of hydrogen-bond donors (Lipinski definition) is 2. The Balaban J connectivity index is 0.00000325. The van der Waals surface area contributed by atoms with E-state index in [9.17, 15) is 0 Å². The predicted molar refractivity (Wildman–Crippen MR) is 307 cm³/mol. The maximum atomic E-state index is 6.78. The standard InChI is InChI=1S/C60H54N10O4.C2H4/c1-4-6-20-47-48-39-46(25-27-51(48)69(60(47)62)42(15-5-2)31-32-61)71-58-30-23-40-35-55-41(36-54(40)72-58)37-59(73-55)74-56(63-3)29-24-45-38-50-53(67(45)43-16-10-7-8-11-17-43)28-26-49(66-50)52-21-14-22-57(70-64-33-34-65-70)68(52)44-18-12-9-13-19-44;1-2/h5-10,12-16,18-21,24-29,31-37,39,43,58H,2-4,11,17,23,30,38,61-62H2,1H3;1-2H2/b20-6-,32-31-,42-15+,45-24+,56-29+;. The molecule has 0 bridgehead atoms. The van der Waals surface area contributed by atoms with E-state index in [1.807, 2.05) is 108 Å². The monoisotopic (exact) mass is 1010 g/mol. The number of furan rings is 1. The fraction of sp³-hybridized carbons (Fsp3) is 0.145. The van der Waals surface area contributed by atoms with Gasteiger partial charge in [-0.3, -0.25) is 9.47 Å². The zero-order valence-electron chi connectivity index (χ0n) is 42.3. The molecule has 3 aliphatic heterocycles. The number of fused-ring (bicyclic) bond motifs is 4. The van der Waals surface area contributed by atoms with Crippen LogP contribution >= 0.6 is 0 Å². The van der Waals surface area contributed by atoms with E-state index in [0.29, 0.717) is 35.8 Å². The van der Waals surface area contributed by atoms with Crippen LogP contribution < -0.4 is 35.5 Å². The van der Waals surface area contributed by atoms with Crippen LogP contribution in [0, 0.1) is 0 Å². The molecule has 0 fully saturated rings. The van der Waals surface area contributed by atoms with Gasteiger partial charge in [-0.05, 0) is 129 Å². The van der Waals surface area contributed by atoms with E-state index in [1.165, 1.54) is 6.20 Å². The summed E-state index contributed by atoms with van der Waals surface area (Å²) in [6.45, 7) is 15.8. The molecule has 2 unspecified atom stereocenters. The van der Waals surface area contributed by atoms with Crippen molar-refractivity contribution in [1.29, 1.82) is 0 Å². The highest BCUT2D eigenvalue weighted by Gasteiger charge is 2.32. The summed E-state index contributed by atoms with van der Waals surface area (Å²) in [4.78, 5) is 15.6. The highest BCUT2D eigenvalue weighted by atomic mass is 16.7. The smallest absolute Gasteiger partial charge is 0.292 e. The van der Waals surface area contributed by atoms with Gasteiger partial charge in [0, 0.05) is 58.4 Å². The van der Waals surface area contributed by atoms with Crippen molar-refractivity contribution < 1.29 is 18.6 Å². The zero-order chi connectivity index (χ0) is 52.5. The molecule has 11 rings (SSSR count). The number of aliphatic imine (C=N–C) groups is 1. The molecular weight excluding hydrogens is 949 g/mol. The van der Waals surface area contributed by atoms with Crippen LogP contribution in [0.15, 0.2) is 217 Å². The minimum atomic E-state index is -0.522. The van der Waals surface area contributed by atoms with Gasteiger partial charge in [0.2, 0.25) is 18.0 Å². The SMILES string of the molecule is C=C.C=C/C=C(\C=C/N)n1c(N)c(/C=C\CC)c2cc(OC3CCc4cc5oc(O/C(=C/C=C6\Cc7nc(C8=CC=C=C(n9nccn9)N8c8ccccc8)ccc7N6C6C=CC=CCC6)N=C)cc5cc4O3)ccc21. The van der Waals surface area contributed by atoms with Crippen molar-refractivity contribution in [2.24, 2.45) is 10.7 Å². The van der Waals surface area contributed by atoms with Crippen molar-refractivity contribution in [1.82, 2.24) is 24.5 Å². The summed E-state index contributed by atoms with van der Waals surface area (Å²) in [5.41, 5.74) is 25.9. The molecule has 0 saturated heterocycles. The molecule has 76 heavy (non-hydrogen) atoms. The van der Waals surface area contributed by atoms with Crippen molar-refractivity contribution in [3.8, 4) is 17.4 Å². The summed E-state index contributed by atoms with van der Waals surface area (Å²) in [5, 5.41) is 10.6. The first kappa shape index (κ1) is 49.8. The average Bonchev–Trinajstić information content (AvgIpc) is 4.23. The highest BCUT2D eigenvalue weighted by Crippen LogP contribution is 2.42. The molecule has 380 valence electrons. The summed E-state index contributed by atoms with van der Waals surface area (Å²) in [5.74, 6) is 3.20. The Labute approximate surface area is 441 Å². The fourth-order valence-electron chi connectivity index (χ4n) is 9.87. The molecule has 7 heterocycles. The molecule has 4 aromatic heterocycles. The number of rotatable bonds is 15. The molecule has 0 radical (unpaired) electrons. The number of para-hydroxylation sites is 1. The Morgan fingerprint density at radius 3 is 2.66 bits per heavy atom. The molecule has 4 aliphatic rings. The number of allylic oxidation sites excluding steroid dienone is 13. The molecular formula is C62H58N10O4. The van der Waals surface area contributed by atoms with Gasteiger partial charge in [-0.25, -0.2) is 9.98 Å². The van der Waals surface area contributed by atoms with Gasteiger partial charge in [0.25, 0.3) is 5.95 Å². The van der Waals surface area contributed by atoms with Crippen LogP contribution in [0.1, 0.15) is 55.1 Å². The van der Waals surface area contributed by atoms with Crippen LogP contribution in [0.2, 0.25) is 0 Å². The highest BCUT2D eigenvalue weighted by molar-refractivity contribution is 5.99. The van der Waals surface area contributed by atoms with Crippen molar-refractivity contribution in [2.45, 2.75) is 57.8 Å². The summed E-state index contributed by atoms with van der Waals surface area (Å²) in [6, 6.07) is 26.2. The molecule has 0 spiro atoms. The summed E-state index contributed by atoms with van der Waals surface area (Å²) in [6.07, 6.45) is 34.9. The Kier molecular flexibility index (Phi) is 14.8. The quantitative estimate of drug-likeness (QED) is 0.0331. The lowest BCUT2D eigenvalue weighted by Gasteiger charge is -2.30. The van der Waals surface area contributed by atoms with Gasteiger partial charge in [0.05, 0.1) is 46.7 Å². The van der Waals surface area contributed by atoms with E-state index >= 15 is 0 Å². The number of nitrogens with zero attached hydrogens (tertiary/aromatic N) is 8. The number of anilines is 3. The van der Waals surface area contributed by atoms with Crippen molar-refractivity contribution in [2.75, 3.05) is 15.5 Å². The normalized spacial score (nSPS) is 17.8. The van der Waals surface area contributed by atoms with Gasteiger partial charge in [0.1, 0.15) is 22.9 Å². The number of nitrogens with two attached hydrogens (primary N) is 2. The first-order valence-electron chi connectivity index (χ1n) is 25.2. The van der Waals surface area contributed by atoms with Gasteiger partial charge < -0.3 is 35.0 Å². The third-order valence-corrected chi connectivity index (χ3v) is 13.2. The molecule has 0 amide bonds. The van der Waals surface area contributed by atoms with Crippen molar-refractivity contribution >= 4 is 69.1 Å². The van der Waals surface area contributed by atoms with Gasteiger partial charge in [0.15, 0.2) is 0 Å². The third-order valence-electron chi connectivity index (χ3n) is 13.2. The minimum absolute atomic E-state index is 0.0982. The van der Waals surface area contributed by atoms with Gasteiger partial charge in [-0.2, -0.15) is 10.2 Å². The van der Waals surface area contributed by atoms with Crippen molar-refractivity contribution in [3.05, 3.63) is 230 Å². The Morgan fingerprint density at radius 1 is 1.00 bits per heavy atom. The van der Waals surface area contributed by atoms with E-state index in [4.69, 9.17) is 35.1 Å². The lowest BCUT2D eigenvalue weighted by atomic mass is 10.0. The number of aromatic nitrogens is 5. The minimum Gasteiger partial charge on any atom is -0.455 e. The van der Waals surface area contributed by atoms with Crippen LogP contribution in [0.25, 0.3) is 45.2 Å². The summed E-state index contributed by atoms with van der Waals surface area (Å²) in [7, 11) is 0. The Hall–Kier alpha value is -9.78. The number of aryl methyl sites for hydroxylation is 1.